The molecular weight excluding hydrogens is 247 g/mol. The van der Waals surface area contributed by atoms with Gasteiger partial charge in [-0.3, -0.25) is 4.79 Å². The number of nitrogen functional groups attached to an aromatic ring is 1. The Morgan fingerprint density at radius 2 is 2.19 bits per heavy atom. The normalized spacial score (nSPS) is 11.2. The van der Waals surface area contributed by atoms with Crippen LogP contribution in [-0.2, 0) is 0 Å². The molecule has 3 N–H and O–H groups in total. The largest absolute Gasteiger partial charge is 0.405 e. The molecular formula is C8H7ClF3N3O. The Bertz CT molecular complexity index is 408. The molecule has 0 aromatic carbocycles. The average molecular weight is 254 g/mol. The summed E-state index contributed by atoms with van der Waals surface area (Å²) in [6.07, 6.45) is -3.41. The molecule has 0 fully saturated rings. The minimum Gasteiger partial charge on any atom is -0.382 e. The van der Waals surface area contributed by atoms with Gasteiger partial charge in [-0.25, -0.2) is 4.98 Å². The van der Waals surface area contributed by atoms with Gasteiger partial charge in [-0.2, -0.15) is 13.2 Å². The van der Waals surface area contributed by atoms with Crippen LogP contribution in [0, 0.1) is 0 Å². The minimum absolute atomic E-state index is 0.00837. The quantitative estimate of drug-likeness (QED) is 0.841. The number of carbonyl (C=O) groups is 1. The number of carbonyl (C=O) groups excluding carboxylic acids is 1. The molecule has 0 unspecified atom stereocenters. The highest BCUT2D eigenvalue weighted by molar-refractivity contribution is 6.33. The summed E-state index contributed by atoms with van der Waals surface area (Å²) in [6.45, 7) is -1.41. The van der Waals surface area contributed by atoms with Gasteiger partial charge in [0.25, 0.3) is 5.91 Å². The van der Waals surface area contributed by atoms with E-state index in [0.29, 0.717) is 0 Å². The van der Waals surface area contributed by atoms with Crippen molar-refractivity contribution in [2.45, 2.75) is 6.18 Å². The Balaban J connectivity index is 2.70. The van der Waals surface area contributed by atoms with Gasteiger partial charge in [0.05, 0.1) is 10.6 Å². The zero-order valence-electron chi connectivity index (χ0n) is 7.81. The predicted molar refractivity (Wildman–Crippen MR) is 52.0 cm³/mol. The fourth-order valence-electron chi connectivity index (χ4n) is 0.855. The molecule has 0 atom stereocenters. The molecule has 0 radical (unpaired) electrons. The SMILES string of the molecule is Nc1ncc(C(=O)NCC(F)(F)F)cc1Cl. The van der Waals surface area contributed by atoms with Gasteiger partial charge in [0.15, 0.2) is 0 Å². The summed E-state index contributed by atoms with van der Waals surface area (Å²) >= 11 is 5.56. The van der Waals surface area contributed by atoms with E-state index >= 15 is 0 Å². The van der Waals surface area contributed by atoms with Gasteiger partial charge in [-0.05, 0) is 6.07 Å². The first-order chi connectivity index (χ1) is 7.29. The lowest BCUT2D eigenvalue weighted by Crippen LogP contribution is -2.33. The zero-order valence-corrected chi connectivity index (χ0v) is 8.56. The first-order valence-corrected chi connectivity index (χ1v) is 4.43. The number of pyridine rings is 1. The topological polar surface area (TPSA) is 68.0 Å². The van der Waals surface area contributed by atoms with Crippen molar-refractivity contribution in [3.05, 3.63) is 22.8 Å². The second kappa shape index (κ2) is 4.56. The smallest absolute Gasteiger partial charge is 0.382 e. The Kier molecular flexibility index (Phi) is 3.58. The van der Waals surface area contributed by atoms with Crippen LogP contribution in [0.15, 0.2) is 12.3 Å². The third kappa shape index (κ3) is 3.58. The first-order valence-electron chi connectivity index (χ1n) is 4.05. The highest BCUT2D eigenvalue weighted by atomic mass is 35.5. The molecule has 0 spiro atoms. The third-order valence-corrected chi connectivity index (χ3v) is 1.88. The van der Waals surface area contributed by atoms with Crippen molar-refractivity contribution in [2.24, 2.45) is 0 Å². The number of hydrogen-bond donors (Lipinski definition) is 2. The number of aromatic nitrogens is 1. The van der Waals surface area contributed by atoms with Crippen molar-refractivity contribution < 1.29 is 18.0 Å². The van der Waals surface area contributed by atoms with Crippen molar-refractivity contribution >= 4 is 23.3 Å². The van der Waals surface area contributed by atoms with Crippen LogP contribution in [0.4, 0.5) is 19.0 Å². The number of hydrogen-bond acceptors (Lipinski definition) is 3. The van der Waals surface area contributed by atoms with Crippen molar-refractivity contribution in [3.63, 3.8) is 0 Å². The summed E-state index contributed by atoms with van der Waals surface area (Å²) in [5, 5.41) is 1.70. The lowest BCUT2D eigenvalue weighted by Gasteiger charge is -2.08. The molecule has 0 saturated heterocycles. The number of amides is 1. The fraction of sp³-hybridized carbons (Fsp3) is 0.250. The first kappa shape index (κ1) is 12.6. The molecule has 88 valence electrons. The number of nitrogens with one attached hydrogen (secondary N) is 1. The lowest BCUT2D eigenvalue weighted by atomic mass is 10.2. The summed E-state index contributed by atoms with van der Waals surface area (Å²) in [7, 11) is 0. The predicted octanol–water partition coefficient (Wildman–Crippen LogP) is 1.61. The van der Waals surface area contributed by atoms with Crippen LogP contribution in [-0.4, -0.2) is 23.6 Å². The summed E-state index contributed by atoms with van der Waals surface area (Å²) in [5.41, 5.74) is 5.20. The van der Waals surface area contributed by atoms with Gasteiger partial charge in [0, 0.05) is 6.20 Å². The monoisotopic (exact) mass is 253 g/mol. The molecule has 1 aromatic heterocycles. The van der Waals surface area contributed by atoms with Crippen LogP contribution in [0.2, 0.25) is 5.02 Å². The molecule has 4 nitrogen and oxygen atoms in total. The summed E-state index contributed by atoms with van der Waals surface area (Å²) in [6, 6.07) is 1.15. The van der Waals surface area contributed by atoms with Crippen LogP contribution in [0.3, 0.4) is 0 Å². The maximum atomic E-state index is 11.8. The molecule has 0 aliphatic heterocycles. The van der Waals surface area contributed by atoms with Gasteiger partial charge >= 0.3 is 6.18 Å². The molecule has 16 heavy (non-hydrogen) atoms. The number of anilines is 1. The summed E-state index contributed by atoms with van der Waals surface area (Å²) in [5.74, 6) is -0.902. The van der Waals surface area contributed by atoms with Gasteiger partial charge in [0.1, 0.15) is 12.4 Å². The van der Waals surface area contributed by atoms with Crippen molar-refractivity contribution in [1.29, 1.82) is 0 Å². The summed E-state index contributed by atoms with van der Waals surface area (Å²) in [4.78, 5) is 14.8. The molecule has 1 heterocycles. The van der Waals surface area contributed by atoms with E-state index < -0.39 is 18.6 Å². The molecule has 0 saturated carbocycles. The van der Waals surface area contributed by atoms with Crippen LogP contribution >= 0.6 is 11.6 Å². The van der Waals surface area contributed by atoms with Gasteiger partial charge in [-0.1, -0.05) is 11.6 Å². The number of halogens is 4. The van der Waals surface area contributed by atoms with Crippen molar-refractivity contribution in [1.82, 2.24) is 10.3 Å². The van der Waals surface area contributed by atoms with Crippen molar-refractivity contribution in [3.8, 4) is 0 Å². The lowest BCUT2D eigenvalue weighted by molar-refractivity contribution is -0.123. The van der Waals surface area contributed by atoms with E-state index in [2.05, 4.69) is 4.98 Å². The molecule has 1 rings (SSSR count). The van der Waals surface area contributed by atoms with Crippen LogP contribution in [0.25, 0.3) is 0 Å². The minimum atomic E-state index is -4.46. The highest BCUT2D eigenvalue weighted by Crippen LogP contribution is 2.17. The molecule has 0 bridgehead atoms. The summed E-state index contributed by atoms with van der Waals surface area (Å²) < 4.78 is 35.4. The number of nitrogens with zero attached hydrogens (tertiary/aromatic N) is 1. The van der Waals surface area contributed by atoms with E-state index in [-0.39, 0.29) is 16.4 Å². The number of nitrogens with two attached hydrogens (primary N) is 1. The van der Waals surface area contributed by atoms with E-state index in [1.807, 2.05) is 0 Å². The second-order valence-electron chi connectivity index (χ2n) is 2.89. The van der Waals surface area contributed by atoms with E-state index in [4.69, 9.17) is 17.3 Å². The Morgan fingerprint density at radius 1 is 1.56 bits per heavy atom. The Morgan fingerprint density at radius 3 is 2.69 bits per heavy atom. The second-order valence-corrected chi connectivity index (χ2v) is 3.30. The molecule has 1 aromatic rings. The van der Waals surface area contributed by atoms with Crippen molar-refractivity contribution in [2.75, 3.05) is 12.3 Å². The molecule has 0 aliphatic carbocycles. The Hall–Kier alpha value is -1.50. The Labute approximate surface area is 93.6 Å². The van der Waals surface area contributed by atoms with Crippen LogP contribution in [0.5, 0.6) is 0 Å². The number of alkyl halides is 3. The van der Waals surface area contributed by atoms with Gasteiger partial charge in [-0.15, -0.1) is 0 Å². The number of rotatable bonds is 2. The van der Waals surface area contributed by atoms with E-state index in [0.717, 1.165) is 12.3 Å². The van der Waals surface area contributed by atoms with Crippen LogP contribution in [0.1, 0.15) is 10.4 Å². The standard InChI is InChI=1S/C8H7ClF3N3O/c9-5-1-4(2-14-6(5)13)7(16)15-3-8(10,11)12/h1-2H,3H2,(H2,13,14)(H,15,16). The molecule has 0 aliphatic rings. The maximum Gasteiger partial charge on any atom is 0.405 e. The highest BCUT2D eigenvalue weighted by Gasteiger charge is 2.28. The molecule has 1 amide bonds. The fourth-order valence-corrected chi connectivity index (χ4v) is 1.02. The average Bonchev–Trinajstić information content (AvgIpc) is 2.17. The third-order valence-electron chi connectivity index (χ3n) is 1.58. The van der Waals surface area contributed by atoms with E-state index in [1.165, 1.54) is 0 Å². The van der Waals surface area contributed by atoms with Crippen LogP contribution < -0.4 is 11.1 Å². The van der Waals surface area contributed by atoms with Gasteiger partial charge in [0.2, 0.25) is 0 Å². The van der Waals surface area contributed by atoms with E-state index in [9.17, 15) is 18.0 Å². The van der Waals surface area contributed by atoms with E-state index in [1.54, 1.807) is 5.32 Å². The zero-order chi connectivity index (χ0) is 12.3. The maximum absolute atomic E-state index is 11.8. The molecule has 8 heteroatoms. The van der Waals surface area contributed by atoms with Gasteiger partial charge < -0.3 is 11.1 Å².